The molecule has 1 aliphatic heterocycles. The topological polar surface area (TPSA) is 54.2 Å². The lowest BCUT2D eigenvalue weighted by atomic mass is 9.94. The monoisotopic (exact) mass is 472 g/mol. The van der Waals surface area contributed by atoms with Gasteiger partial charge in [-0.05, 0) is 42.4 Å². The SMILES string of the molecule is CC1=C(c2nc(-c3ccccc3)no2)C(c2cccc(Cl)c2)NC(=S)N1Cc1ccccc1. The van der Waals surface area contributed by atoms with Crippen molar-refractivity contribution < 1.29 is 4.52 Å². The minimum Gasteiger partial charge on any atom is -0.351 e. The lowest BCUT2D eigenvalue weighted by molar-refractivity contribution is 0.396. The summed E-state index contributed by atoms with van der Waals surface area (Å²) >= 11 is 12.1. The molecule has 0 bridgehead atoms. The summed E-state index contributed by atoms with van der Waals surface area (Å²) in [5.74, 6) is 0.989. The maximum absolute atomic E-state index is 6.31. The van der Waals surface area contributed by atoms with E-state index >= 15 is 0 Å². The van der Waals surface area contributed by atoms with Gasteiger partial charge in [0, 0.05) is 22.8 Å². The summed E-state index contributed by atoms with van der Waals surface area (Å²) in [6.07, 6.45) is 0. The smallest absolute Gasteiger partial charge is 0.258 e. The van der Waals surface area contributed by atoms with Crippen LogP contribution in [-0.4, -0.2) is 20.2 Å². The number of hydrogen-bond acceptors (Lipinski definition) is 4. The van der Waals surface area contributed by atoms with Crippen LogP contribution in [-0.2, 0) is 6.54 Å². The molecule has 4 aromatic rings. The van der Waals surface area contributed by atoms with Crippen LogP contribution in [0.4, 0.5) is 0 Å². The van der Waals surface area contributed by atoms with E-state index < -0.39 is 0 Å². The predicted octanol–water partition coefficient (Wildman–Crippen LogP) is 6.25. The zero-order valence-corrected chi connectivity index (χ0v) is 19.5. The standard InChI is InChI=1S/C26H21ClN4OS/c1-17-22(25-29-24(30-32-25)19-11-6-3-7-12-19)23(20-13-8-14-21(27)15-20)28-26(33)31(17)16-18-9-4-2-5-10-18/h2-15,23H,16H2,1H3,(H,28,33). The summed E-state index contributed by atoms with van der Waals surface area (Å²) < 4.78 is 5.78. The maximum atomic E-state index is 6.31. The number of thiocarbonyl (C=S) groups is 1. The van der Waals surface area contributed by atoms with E-state index in [9.17, 15) is 0 Å². The average Bonchev–Trinajstić information content (AvgIpc) is 3.32. The second-order valence-electron chi connectivity index (χ2n) is 7.80. The first kappa shape index (κ1) is 21.4. The lowest BCUT2D eigenvalue weighted by Gasteiger charge is -2.37. The van der Waals surface area contributed by atoms with Crippen LogP contribution in [0.25, 0.3) is 17.0 Å². The van der Waals surface area contributed by atoms with E-state index in [0.717, 1.165) is 28.0 Å². The van der Waals surface area contributed by atoms with Gasteiger partial charge in [-0.25, -0.2) is 0 Å². The van der Waals surface area contributed by atoms with Crippen LogP contribution in [0.15, 0.2) is 95.1 Å². The number of nitrogens with zero attached hydrogens (tertiary/aromatic N) is 3. The Morgan fingerprint density at radius 1 is 1.00 bits per heavy atom. The third-order valence-electron chi connectivity index (χ3n) is 5.65. The third-order valence-corrected chi connectivity index (χ3v) is 6.22. The fourth-order valence-corrected chi connectivity index (χ4v) is 4.51. The zero-order chi connectivity index (χ0) is 22.8. The van der Waals surface area contributed by atoms with E-state index in [0.29, 0.717) is 28.4 Å². The Balaban J connectivity index is 1.61. The number of benzene rings is 3. The Hall–Kier alpha value is -3.48. The molecule has 0 fully saturated rings. The van der Waals surface area contributed by atoms with Gasteiger partial charge in [-0.1, -0.05) is 89.6 Å². The van der Waals surface area contributed by atoms with Gasteiger partial charge in [-0.3, -0.25) is 0 Å². The highest BCUT2D eigenvalue weighted by atomic mass is 35.5. The number of rotatable bonds is 5. The van der Waals surface area contributed by atoms with Crippen molar-refractivity contribution in [3.63, 3.8) is 0 Å². The maximum Gasteiger partial charge on any atom is 0.258 e. The van der Waals surface area contributed by atoms with E-state index in [1.165, 1.54) is 0 Å². The van der Waals surface area contributed by atoms with Gasteiger partial charge in [0.1, 0.15) is 0 Å². The van der Waals surface area contributed by atoms with E-state index in [2.05, 4.69) is 27.5 Å². The van der Waals surface area contributed by atoms with Gasteiger partial charge >= 0.3 is 0 Å². The normalized spacial score (nSPS) is 16.1. The van der Waals surface area contributed by atoms with Gasteiger partial charge in [0.15, 0.2) is 5.11 Å². The summed E-state index contributed by atoms with van der Waals surface area (Å²) in [5, 5.41) is 9.00. The molecule has 0 aliphatic carbocycles. The van der Waals surface area contributed by atoms with Gasteiger partial charge in [-0.2, -0.15) is 4.98 Å². The van der Waals surface area contributed by atoms with Crippen molar-refractivity contribution in [2.24, 2.45) is 0 Å². The number of allylic oxidation sites excluding steroid dienone is 1. The molecule has 1 unspecified atom stereocenters. The van der Waals surface area contributed by atoms with Crippen LogP contribution in [0.3, 0.4) is 0 Å². The minimum atomic E-state index is -0.271. The lowest BCUT2D eigenvalue weighted by Crippen LogP contribution is -2.45. The van der Waals surface area contributed by atoms with Crippen LogP contribution in [0.2, 0.25) is 5.02 Å². The van der Waals surface area contributed by atoms with E-state index in [1.807, 2.05) is 79.7 Å². The van der Waals surface area contributed by atoms with Crippen molar-refractivity contribution in [1.82, 2.24) is 20.4 Å². The second-order valence-corrected chi connectivity index (χ2v) is 8.62. The number of aromatic nitrogens is 2. The van der Waals surface area contributed by atoms with Gasteiger partial charge < -0.3 is 14.7 Å². The van der Waals surface area contributed by atoms with Crippen molar-refractivity contribution in [2.45, 2.75) is 19.5 Å². The molecule has 3 aromatic carbocycles. The van der Waals surface area contributed by atoms with Gasteiger partial charge in [0.05, 0.1) is 11.6 Å². The molecule has 0 amide bonds. The van der Waals surface area contributed by atoms with Crippen molar-refractivity contribution in [1.29, 1.82) is 0 Å². The molecule has 164 valence electrons. The van der Waals surface area contributed by atoms with E-state index in [4.69, 9.17) is 33.3 Å². The first-order chi connectivity index (χ1) is 16.1. The summed E-state index contributed by atoms with van der Waals surface area (Å²) in [7, 11) is 0. The highest BCUT2D eigenvalue weighted by Gasteiger charge is 2.34. The van der Waals surface area contributed by atoms with Gasteiger partial charge in [-0.15, -0.1) is 0 Å². The molecule has 33 heavy (non-hydrogen) atoms. The van der Waals surface area contributed by atoms with Crippen molar-refractivity contribution in [2.75, 3.05) is 0 Å². The Morgan fingerprint density at radius 2 is 1.73 bits per heavy atom. The highest BCUT2D eigenvalue weighted by molar-refractivity contribution is 7.80. The fourth-order valence-electron chi connectivity index (χ4n) is 3.99. The first-order valence-electron chi connectivity index (χ1n) is 10.6. The van der Waals surface area contributed by atoms with Gasteiger partial charge in [0.2, 0.25) is 5.82 Å². The van der Waals surface area contributed by atoms with Crippen LogP contribution in [0.5, 0.6) is 0 Å². The molecule has 0 radical (unpaired) electrons. The predicted molar refractivity (Wildman–Crippen MR) is 134 cm³/mol. The zero-order valence-electron chi connectivity index (χ0n) is 17.9. The Morgan fingerprint density at radius 3 is 2.45 bits per heavy atom. The largest absolute Gasteiger partial charge is 0.351 e. The summed E-state index contributed by atoms with van der Waals surface area (Å²) in [4.78, 5) is 6.80. The molecule has 0 saturated heterocycles. The van der Waals surface area contributed by atoms with Gasteiger partial charge in [0.25, 0.3) is 5.89 Å². The molecular weight excluding hydrogens is 452 g/mol. The molecule has 0 spiro atoms. The van der Waals surface area contributed by atoms with E-state index in [-0.39, 0.29) is 6.04 Å². The molecule has 1 N–H and O–H groups in total. The molecule has 1 aliphatic rings. The second kappa shape index (κ2) is 9.17. The van der Waals surface area contributed by atoms with E-state index in [1.54, 1.807) is 0 Å². The quantitative estimate of drug-likeness (QED) is 0.346. The molecule has 5 nitrogen and oxygen atoms in total. The molecule has 2 heterocycles. The summed E-state index contributed by atoms with van der Waals surface area (Å²) in [6, 6.07) is 27.4. The van der Waals surface area contributed by atoms with Crippen molar-refractivity contribution in [3.05, 3.63) is 113 Å². The van der Waals surface area contributed by atoms with Crippen LogP contribution < -0.4 is 5.32 Å². The highest BCUT2D eigenvalue weighted by Crippen LogP contribution is 2.38. The fraction of sp³-hybridized carbons (Fsp3) is 0.115. The summed E-state index contributed by atoms with van der Waals surface area (Å²) in [5.41, 5.74) is 4.84. The van der Waals surface area contributed by atoms with Crippen LogP contribution in [0, 0.1) is 0 Å². The number of hydrogen-bond donors (Lipinski definition) is 1. The Bertz CT molecular complexity index is 1320. The molecule has 1 atom stereocenters. The molecule has 1 aromatic heterocycles. The average molecular weight is 473 g/mol. The third kappa shape index (κ3) is 4.40. The molecule has 5 rings (SSSR count). The van der Waals surface area contributed by atoms with Crippen LogP contribution >= 0.6 is 23.8 Å². The minimum absolute atomic E-state index is 0.271. The molecular formula is C26H21ClN4OS. The Labute approximate surface area is 202 Å². The molecule has 7 heteroatoms. The molecule has 0 saturated carbocycles. The van der Waals surface area contributed by atoms with Crippen molar-refractivity contribution >= 4 is 34.5 Å². The Kier molecular flexibility index (Phi) is 5.94. The summed E-state index contributed by atoms with van der Waals surface area (Å²) in [6.45, 7) is 2.67. The van der Waals surface area contributed by atoms with Crippen LogP contribution in [0.1, 0.15) is 30.0 Å². The van der Waals surface area contributed by atoms with Crippen molar-refractivity contribution in [3.8, 4) is 11.4 Å². The number of nitrogens with one attached hydrogen (secondary N) is 1. The first-order valence-corrected chi connectivity index (χ1v) is 11.4. The number of halogens is 1.